The van der Waals surface area contributed by atoms with Crippen LogP contribution in [0.15, 0.2) is 24.8 Å². The minimum atomic E-state index is -0.164. The summed E-state index contributed by atoms with van der Waals surface area (Å²) >= 11 is 0. The van der Waals surface area contributed by atoms with Crippen molar-refractivity contribution in [2.75, 3.05) is 25.5 Å². The molecule has 0 aliphatic heterocycles. The molecule has 1 amide bonds. The van der Waals surface area contributed by atoms with Crippen LogP contribution in [0.5, 0.6) is 0 Å². The number of nitrogens with zero attached hydrogens (tertiary/aromatic N) is 5. The predicted octanol–water partition coefficient (Wildman–Crippen LogP) is 1.68. The van der Waals surface area contributed by atoms with Gasteiger partial charge < -0.3 is 14.8 Å². The van der Waals surface area contributed by atoms with Gasteiger partial charge in [0.15, 0.2) is 0 Å². The van der Waals surface area contributed by atoms with Gasteiger partial charge in [0.05, 0.1) is 6.33 Å². The molecule has 0 aliphatic rings. The third-order valence-electron chi connectivity index (χ3n) is 3.40. The van der Waals surface area contributed by atoms with E-state index in [4.69, 9.17) is 0 Å². The molecule has 2 heterocycles. The topological polar surface area (TPSA) is 75.9 Å². The molecule has 7 nitrogen and oxygen atoms in total. The SMILES string of the molecule is CC(C)c1cc(C(=O)NCCCn2ccnc2)nc(N(C)C)n1. The van der Waals surface area contributed by atoms with E-state index in [1.54, 1.807) is 18.6 Å². The van der Waals surface area contributed by atoms with Crippen molar-refractivity contribution in [1.29, 1.82) is 0 Å². The summed E-state index contributed by atoms with van der Waals surface area (Å²) in [6, 6.07) is 1.77. The van der Waals surface area contributed by atoms with E-state index in [9.17, 15) is 4.79 Å². The van der Waals surface area contributed by atoms with Crippen molar-refractivity contribution in [3.05, 3.63) is 36.2 Å². The van der Waals surface area contributed by atoms with Crippen LogP contribution < -0.4 is 10.2 Å². The third kappa shape index (κ3) is 4.77. The summed E-state index contributed by atoms with van der Waals surface area (Å²) in [5.41, 5.74) is 1.28. The van der Waals surface area contributed by atoms with Crippen LogP contribution in [0.25, 0.3) is 0 Å². The Morgan fingerprint density at radius 2 is 2.13 bits per heavy atom. The second-order valence-electron chi connectivity index (χ2n) is 5.94. The lowest BCUT2D eigenvalue weighted by molar-refractivity contribution is 0.0947. The molecule has 2 rings (SSSR count). The molecule has 0 bridgehead atoms. The van der Waals surface area contributed by atoms with Gasteiger partial charge >= 0.3 is 0 Å². The Kier molecular flexibility index (Phi) is 5.67. The molecule has 23 heavy (non-hydrogen) atoms. The maximum Gasteiger partial charge on any atom is 0.270 e. The lowest BCUT2D eigenvalue weighted by atomic mass is 10.1. The average molecular weight is 316 g/mol. The Bertz CT molecular complexity index is 610. The van der Waals surface area contributed by atoms with Crippen LogP contribution in [0.2, 0.25) is 0 Å². The lowest BCUT2D eigenvalue weighted by Crippen LogP contribution is -2.27. The zero-order valence-electron chi connectivity index (χ0n) is 14.2. The largest absolute Gasteiger partial charge is 0.351 e. The quantitative estimate of drug-likeness (QED) is 0.787. The van der Waals surface area contributed by atoms with E-state index in [1.165, 1.54) is 0 Å². The fourth-order valence-electron chi connectivity index (χ4n) is 2.04. The summed E-state index contributed by atoms with van der Waals surface area (Å²) in [4.78, 5) is 26.9. The number of amides is 1. The van der Waals surface area contributed by atoms with Gasteiger partial charge in [-0.15, -0.1) is 0 Å². The Labute approximate surface area is 136 Å². The number of imidazole rings is 1. The van der Waals surface area contributed by atoms with Crippen molar-refractivity contribution < 1.29 is 4.79 Å². The van der Waals surface area contributed by atoms with E-state index in [-0.39, 0.29) is 11.8 Å². The van der Waals surface area contributed by atoms with E-state index in [2.05, 4.69) is 34.1 Å². The third-order valence-corrected chi connectivity index (χ3v) is 3.40. The van der Waals surface area contributed by atoms with Crippen molar-refractivity contribution in [1.82, 2.24) is 24.8 Å². The number of aromatic nitrogens is 4. The highest BCUT2D eigenvalue weighted by atomic mass is 16.1. The highest BCUT2D eigenvalue weighted by molar-refractivity contribution is 5.92. The molecule has 0 spiro atoms. The van der Waals surface area contributed by atoms with Crippen LogP contribution in [-0.4, -0.2) is 46.1 Å². The molecule has 0 unspecified atom stereocenters. The molecule has 124 valence electrons. The number of anilines is 1. The van der Waals surface area contributed by atoms with E-state index in [0.717, 1.165) is 18.7 Å². The number of aryl methyl sites for hydroxylation is 1. The number of carbonyl (C=O) groups is 1. The van der Waals surface area contributed by atoms with Gasteiger partial charge in [-0.2, -0.15) is 0 Å². The van der Waals surface area contributed by atoms with Crippen molar-refractivity contribution in [3.63, 3.8) is 0 Å². The predicted molar refractivity (Wildman–Crippen MR) is 89.6 cm³/mol. The Hall–Kier alpha value is -2.44. The number of hydrogen-bond donors (Lipinski definition) is 1. The number of carbonyl (C=O) groups excluding carboxylic acids is 1. The Morgan fingerprint density at radius 1 is 1.35 bits per heavy atom. The summed E-state index contributed by atoms with van der Waals surface area (Å²) in [7, 11) is 3.73. The molecule has 2 aromatic heterocycles. The van der Waals surface area contributed by atoms with Gasteiger partial charge in [-0.1, -0.05) is 13.8 Å². The van der Waals surface area contributed by atoms with Gasteiger partial charge in [0.25, 0.3) is 5.91 Å². The average Bonchev–Trinajstić information content (AvgIpc) is 3.04. The highest BCUT2D eigenvalue weighted by Crippen LogP contribution is 2.16. The molecule has 0 radical (unpaired) electrons. The molecule has 0 fully saturated rings. The first-order valence-electron chi connectivity index (χ1n) is 7.77. The van der Waals surface area contributed by atoms with Crippen molar-refractivity contribution in [3.8, 4) is 0 Å². The fourth-order valence-corrected chi connectivity index (χ4v) is 2.04. The van der Waals surface area contributed by atoms with Crippen LogP contribution in [-0.2, 0) is 6.54 Å². The molecule has 0 aromatic carbocycles. The molecule has 2 aromatic rings. The first-order chi connectivity index (χ1) is 11.0. The number of nitrogens with one attached hydrogen (secondary N) is 1. The Morgan fingerprint density at radius 3 is 2.74 bits per heavy atom. The van der Waals surface area contributed by atoms with E-state index in [1.807, 2.05) is 29.8 Å². The van der Waals surface area contributed by atoms with Crippen LogP contribution >= 0.6 is 0 Å². The normalized spacial score (nSPS) is 10.8. The summed E-state index contributed by atoms with van der Waals surface area (Å²) in [5.74, 6) is 0.632. The van der Waals surface area contributed by atoms with Gasteiger partial charge in [0, 0.05) is 45.3 Å². The number of hydrogen-bond acceptors (Lipinski definition) is 5. The van der Waals surface area contributed by atoms with Crippen molar-refractivity contribution in [2.24, 2.45) is 0 Å². The first kappa shape index (κ1) is 16.9. The summed E-state index contributed by atoms with van der Waals surface area (Å²) in [5, 5.41) is 2.91. The van der Waals surface area contributed by atoms with Gasteiger partial charge in [-0.05, 0) is 18.4 Å². The molecule has 1 N–H and O–H groups in total. The fraction of sp³-hybridized carbons (Fsp3) is 0.500. The molecular weight excluding hydrogens is 292 g/mol. The standard InChI is InChI=1S/C16H24N6O/c1-12(2)13-10-14(20-16(19-13)21(3)4)15(23)18-6-5-8-22-9-7-17-11-22/h7,9-12H,5-6,8H2,1-4H3,(H,18,23). The molecule has 0 saturated heterocycles. The van der Waals surface area contributed by atoms with Gasteiger partial charge in [-0.25, -0.2) is 15.0 Å². The van der Waals surface area contributed by atoms with E-state index < -0.39 is 0 Å². The summed E-state index contributed by atoms with van der Waals surface area (Å²) < 4.78 is 1.98. The van der Waals surface area contributed by atoms with Crippen molar-refractivity contribution in [2.45, 2.75) is 32.7 Å². The second kappa shape index (κ2) is 7.71. The van der Waals surface area contributed by atoms with Crippen LogP contribution in [0.4, 0.5) is 5.95 Å². The monoisotopic (exact) mass is 316 g/mol. The van der Waals surface area contributed by atoms with Crippen LogP contribution in [0.1, 0.15) is 42.4 Å². The molecule has 0 saturated carbocycles. The highest BCUT2D eigenvalue weighted by Gasteiger charge is 2.14. The minimum Gasteiger partial charge on any atom is -0.351 e. The molecule has 0 atom stereocenters. The zero-order chi connectivity index (χ0) is 16.8. The minimum absolute atomic E-state index is 0.164. The molecular formula is C16H24N6O. The summed E-state index contributed by atoms with van der Waals surface area (Å²) in [6.07, 6.45) is 6.26. The smallest absolute Gasteiger partial charge is 0.270 e. The number of rotatable bonds is 7. The van der Waals surface area contributed by atoms with Gasteiger partial charge in [0.2, 0.25) is 5.95 Å². The Balaban J connectivity index is 1.97. The molecule has 0 aliphatic carbocycles. The van der Waals surface area contributed by atoms with Gasteiger partial charge in [-0.3, -0.25) is 4.79 Å². The lowest BCUT2D eigenvalue weighted by Gasteiger charge is -2.15. The first-order valence-corrected chi connectivity index (χ1v) is 7.77. The van der Waals surface area contributed by atoms with E-state index >= 15 is 0 Å². The second-order valence-corrected chi connectivity index (χ2v) is 5.94. The zero-order valence-corrected chi connectivity index (χ0v) is 14.2. The van der Waals surface area contributed by atoms with Gasteiger partial charge in [0.1, 0.15) is 5.69 Å². The van der Waals surface area contributed by atoms with Crippen LogP contribution in [0, 0.1) is 0 Å². The maximum atomic E-state index is 12.3. The maximum absolute atomic E-state index is 12.3. The molecule has 7 heteroatoms. The van der Waals surface area contributed by atoms with Crippen LogP contribution in [0.3, 0.4) is 0 Å². The van der Waals surface area contributed by atoms with E-state index in [0.29, 0.717) is 18.2 Å². The van der Waals surface area contributed by atoms with Crippen molar-refractivity contribution >= 4 is 11.9 Å². The summed E-state index contributed by atoms with van der Waals surface area (Å²) in [6.45, 7) is 5.52.